The van der Waals surface area contributed by atoms with Crippen molar-refractivity contribution in [2.45, 2.75) is 206 Å². The fraction of sp³-hybridized carbons (Fsp3) is 0.803. The lowest BCUT2D eigenvalue weighted by molar-refractivity contribution is -0.573. The number of amides is 6. The maximum atomic E-state index is 13.2. The van der Waals surface area contributed by atoms with E-state index in [1.54, 1.807) is 0 Å². The Kier molecular flexibility index (Phi) is 45.4. The fourth-order valence-corrected chi connectivity index (χ4v) is 11.0. The first-order valence-electron chi connectivity index (χ1n) is 35.0. The zero-order valence-corrected chi connectivity index (χ0v) is 62.3. The third-order valence-corrected chi connectivity index (χ3v) is 15.6. The molecule has 3 saturated heterocycles. The van der Waals surface area contributed by atoms with Gasteiger partial charge >= 0.3 is 41.8 Å². The van der Waals surface area contributed by atoms with Crippen molar-refractivity contribution in [3.8, 4) is 0 Å². The van der Waals surface area contributed by atoms with Crippen LogP contribution in [-0.4, -0.2) is 306 Å². The van der Waals surface area contributed by atoms with E-state index in [9.17, 15) is 72.4 Å². The Hall–Kier alpha value is -7.97. The average molecular weight is 1540 g/mol. The van der Waals surface area contributed by atoms with Crippen molar-refractivity contribution in [2.24, 2.45) is 0 Å². The fourth-order valence-electron chi connectivity index (χ4n) is 11.0. The molecule has 41 nitrogen and oxygen atoms in total. The van der Waals surface area contributed by atoms with E-state index in [1.165, 1.54) is 48.5 Å². The summed E-state index contributed by atoms with van der Waals surface area (Å²) >= 11 is 0. The molecule has 3 heterocycles. The number of nitrogens with one attached hydrogen (secondary N) is 6. The SMILES string of the molecule is CC(=O)NC1C(OC(C)=O)CC(COC(C)=O)OC1OCCOCCOCCNC(=O)CCC(CCC(=O)NCCOCCOCCOC1OC(COC(C)=O)CC(OC(C)=O)C1NC(C)=O)(CCC(=O)NCCOCCOCCOC1OC(COC(C)=O)C(OC(C)=O)C(OC(C)=O)C1NC(C)=O)[N+](=O)[O-]. The molecule has 13 atom stereocenters. The van der Waals surface area contributed by atoms with Crippen molar-refractivity contribution in [3.05, 3.63) is 10.1 Å². The number of carbonyl (C=O) groups is 13. The highest BCUT2D eigenvalue weighted by atomic mass is 16.7. The van der Waals surface area contributed by atoms with Crippen LogP contribution < -0.4 is 31.9 Å². The first-order valence-corrected chi connectivity index (χ1v) is 35.0. The van der Waals surface area contributed by atoms with Crippen molar-refractivity contribution < 1.29 is 157 Å². The Labute approximate surface area is 619 Å². The van der Waals surface area contributed by atoms with Crippen molar-refractivity contribution >= 4 is 77.2 Å². The van der Waals surface area contributed by atoms with Gasteiger partial charge in [-0.2, -0.15) is 0 Å². The van der Waals surface area contributed by atoms with Crippen LogP contribution in [0.2, 0.25) is 0 Å². The highest BCUT2D eigenvalue weighted by Crippen LogP contribution is 2.32. The highest BCUT2D eigenvalue weighted by Gasteiger charge is 2.52. The van der Waals surface area contributed by atoms with Gasteiger partial charge in [0.1, 0.15) is 56.3 Å². The van der Waals surface area contributed by atoms with Gasteiger partial charge in [-0.25, -0.2) is 0 Å². The molecule has 0 spiro atoms. The van der Waals surface area contributed by atoms with E-state index in [1.807, 2.05) is 0 Å². The second-order valence-electron chi connectivity index (χ2n) is 24.6. The number of hydrogen-bond acceptors (Lipinski definition) is 34. The van der Waals surface area contributed by atoms with Crippen molar-refractivity contribution in [1.29, 1.82) is 0 Å². The number of hydrogen-bond donors (Lipinski definition) is 6. The average Bonchev–Trinajstić information content (AvgIpc) is 0.794. The molecule has 3 fully saturated rings. The van der Waals surface area contributed by atoms with E-state index >= 15 is 0 Å². The third kappa shape index (κ3) is 40.2. The van der Waals surface area contributed by atoms with Gasteiger partial charge in [-0.05, 0) is 0 Å². The lowest BCUT2D eigenvalue weighted by atomic mass is 9.84. The van der Waals surface area contributed by atoms with E-state index in [-0.39, 0.29) is 183 Å². The summed E-state index contributed by atoms with van der Waals surface area (Å²) in [7, 11) is 0. The molecular formula is C66H107N7O34. The van der Waals surface area contributed by atoms with Crippen molar-refractivity contribution in [2.75, 3.05) is 139 Å². The minimum Gasteiger partial charge on any atom is -0.463 e. The molecule has 3 aliphatic rings. The van der Waals surface area contributed by atoms with Crippen LogP contribution in [0.4, 0.5) is 0 Å². The van der Waals surface area contributed by atoms with Gasteiger partial charge in [-0.1, -0.05) is 0 Å². The standard InChI is InChI=1S/C66H107N7O34/c1-40(74)70-58-52(101-46(7)80)35-50(37-98-43(4)77)105-63(58)95-32-29-92-26-23-89-20-17-67-55(84)11-14-66(73(87)88,15-12-56(85)68-18-21-90-24-27-93-30-33-96-64-59(71-41(2)75)53(102-47(8)81)36-51(106-64)38-99-44(5)78)16-13-57(86)69-19-22-91-25-28-94-31-34-97-65-60(72-42(3)76)62(104-49(10)83)61(103-48(9)82)54(107-65)39-100-45(6)79/h50-54,58-65H,11-39H2,1-10H3,(H,67,84)(H,68,85)(H,69,86)(H,70,74)(H,71,75)(H,72,76). The molecule has 6 amide bonds. The number of nitro groups is 1. The topological polar surface area (TPSA) is 513 Å². The normalized spacial score (nSPS) is 23.1. The lowest BCUT2D eigenvalue weighted by Gasteiger charge is -2.44. The van der Waals surface area contributed by atoms with Crippen LogP contribution in [0.3, 0.4) is 0 Å². The summed E-state index contributed by atoms with van der Waals surface area (Å²) in [5.41, 5.74) is -1.93. The number of ether oxygens (including phenoxy) is 19. The van der Waals surface area contributed by atoms with Crippen molar-refractivity contribution in [1.82, 2.24) is 31.9 Å². The summed E-state index contributed by atoms with van der Waals surface area (Å²) in [6.45, 7) is 11.5. The summed E-state index contributed by atoms with van der Waals surface area (Å²) < 4.78 is 106. The van der Waals surface area contributed by atoms with Crippen LogP contribution in [0.25, 0.3) is 0 Å². The van der Waals surface area contributed by atoms with Crippen LogP contribution in [0, 0.1) is 10.1 Å². The van der Waals surface area contributed by atoms with Gasteiger partial charge in [0.05, 0.1) is 111 Å². The second kappa shape index (κ2) is 52.2. The molecule has 0 aromatic rings. The quantitative estimate of drug-likeness (QED) is 0.0123. The maximum absolute atomic E-state index is 13.2. The summed E-state index contributed by atoms with van der Waals surface area (Å²) in [4.78, 5) is 171. The molecular weight excluding hydrogens is 1430 g/mol. The van der Waals surface area contributed by atoms with E-state index < -0.39 is 174 Å². The molecule has 3 rings (SSSR count). The predicted octanol–water partition coefficient (Wildman–Crippen LogP) is -2.27. The first-order chi connectivity index (χ1) is 50.9. The van der Waals surface area contributed by atoms with E-state index in [4.69, 9.17) is 90.0 Å². The smallest absolute Gasteiger partial charge is 0.303 e. The monoisotopic (exact) mass is 1540 g/mol. The lowest BCUT2D eigenvalue weighted by Crippen LogP contribution is -2.66. The number of carbonyl (C=O) groups excluding carboxylic acids is 13. The third-order valence-electron chi connectivity index (χ3n) is 15.6. The number of esters is 7. The van der Waals surface area contributed by atoms with Gasteiger partial charge in [0.2, 0.25) is 41.0 Å². The predicted molar refractivity (Wildman–Crippen MR) is 359 cm³/mol. The summed E-state index contributed by atoms with van der Waals surface area (Å²) in [6, 6.07) is -2.96. The Balaban J connectivity index is 1.51. The van der Waals surface area contributed by atoms with Crippen LogP contribution in [-0.2, 0) is 152 Å². The Morgan fingerprint density at radius 1 is 0.374 bits per heavy atom. The number of rotatable bonds is 53. The van der Waals surface area contributed by atoms with Crippen LogP contribution in [0.5, 0.6) is 0 Å². The molecule has 0 aromatic carbocycles. The molecule has 0 saturated carbocycles. The van der Waals surface area contributed by atoms with Crippen molar-refractivity contribution in [3.63, 3.8) is 0 Å². The highest BCUT2D eigenvalue weighted by molar-refractivity contribution is 5.78. The Bertz CT molecular complexity index is 2710. The molecule has 3 aliphatic heterocycles. The van der Waals surface area contributed by atoms with Gasteiger partial charge in [0.15, 0.2) is 31.1 Å². The van der Waals surface area contributed by atoms with Crippen LogP contribution >= 0.6 is 0 Å². The van der Waals surface area contributed by atoms with Crippen LogP contribution in [0.15, 0.2) is 0 Å². The molecule has 107 heavy (non-hydrogen) atoms. The van der Waals surface area contributed by atoms with Gasteiger partial charge in [-0.15, -0.1) is 0 Å². The summed E-state index contributed by atoms with van der Waals surface area (Å²) in [5.74, 6) is -7.69. The molecule has 41 heteroatoms. The largest absolute Gasteiger partial charge is 0.463 e. The second-order valence-corrected chi connectivity index (χ2v) is 24.6. The minimum absolute atomic E-state index is 0.00549. The Morgan fingerprint density at radius 3 is 0.991 bits per heavy atom. The minimum atomic E-state index is -1.93. The van der Waals surface area contributed by atoms with Gasteiger partial charge in [0, 0.05) is 145 Å². The van der Waals surface area contributed by atoms with Crippen LogP contribution in [0.1, 0.15) is 121 Å². The maximum Gasteiger partial charge on any atom is 0.303 e. The number of nitrogens with zero attached hydrogens (tertiary/aromatic N) is 1. The summed E-state index contributed by atoms with van der Waals surface area (Å²) in [6.07, 6.45) is -12.4. The molecule has 0 radical (unpaired) electrons. The molecule has 0 bridgehead atoms. The van der Waals surface area contributed by atoms with E-state index in [0.717, 1.165) is 20.8 Å². The van der Waals surface area contributed by atoms with Gasteiger partial charge in [0.25, 0.3) is 0 Å². The van der Waals surface area contributed by atoms with E-state index in [0.29, 0.717) is 0 Å². The molecule has 610 valence electrons. The van der Waals surface area contributed by atoms with E-state index in [2.05, 4.69) is 31.9 Å². The molecule has 13 unspecified atom stereocenters. The zero-order valence-electron chi connectivity index (χ0n) is 62.3. The molecule has 0 aliphatic carbocycles. The summed E-state index contributed by atoms with van der Waals surface area (Å²) in [5, 5.41) is 28.9. The van der Waals surface area contributed by atoms with Gasteiger partial charge in [-0.3, -0.25) is 72.4 Å². The Morgan fingerprint density at radius 2 is 0.673 bits per heavy atom. The first kappa shape index (κ1) is 93.2. The molecule has 0 aromatic heterocycles. The zero-order chi connectivity index (χ0) is 79.3. The molecule has 6 N–H and O–H groups in total. The van der Waals surface area contributed by atoms with Gasteiger partial charge < -0.3 is 122 Å².